The zero-order chi connectivity index (χ0) is 13.1. The Morgan fingerprint density at radius 2 is 2.41 bits per heavy atom. The van der Waals surface area contributed by atoms with Crippen LogP contribution in [0.4, 0.5) is 0 Å². The van der Waals surface area contributed by atoms with Crippen LogP contribution in [0.25, 0.3) is 0 Å². The number of nitrogens with zero attached hydrogens (tertiary/aromatic N) is 1. The molecule has 0 radical (unpaired) electrons. The molecule has 0 amide bonds. The van der Waals surface area contributed by atoms with E-state index in [-0.39, 0.29) is 10.0 Å². The number of halogens is 1. The molecular weight excluding hydrogens is 330 g/mol. The standard InChI is InChI=1S/C8H12BrN3O3S2/c1-2-6(7(10)11-13)12-17(14,15)8-5(9)3-4-16-8/h3-4,6,12-13H,2H2,1H3,(H2,10,11). The quantitative estimate of drug-likeness (QED) is 0.325. The Balaban J connectivity index is 2.98. The maximum Gasteiger partial charge on any atom is 0.251 e. The number of rotatable bonds is 5. The minimum atomic E-state index is -3.66. The lowest BCUT2D eigenvalue weighted by molar-refractivity contribution is 0.315. The van der Waals surface area contributed by atoms with Crippen molar-refractivity contribution in [3.63, 3.8) is 0 Å². The normalized spacial score (nSPS) is 14.8. The van der Waals surface area contributed by atoms with E-state index in [1.54, 1.807) is 18.4 Å². The van der Waals surface area contributed by atoms with Gasteiger partial charge in [-0.1, -0.05) is 12.1 Å². The van der Waals surface area contributed by atoms with Crippen molar-refractivity contribution in [1.82, 2.24) is 4.72 Å². The first-order valence-electron chi connectivity index (χ1n) is 4.65. The summed E-state index contributed by atoms with van der Waals surface area (Å²) in [5.74, 6) is -0.163. The average molecular weight is 342 g/mol. The third-order valence-electron chi connectivity index (χ3n) is 2.01. The Hall–Kier alpha value is -0.640. The van der Waals surface area contributed by atoms with Crippen LogP contribution in [-0.2, 0) is 10.0 Å². The summed E-state index contributed by atoms with van der Waals surface area (Å²) in [6.07, 6.45) is 0.387. The highest BCUT2D eigenvalue weighted by Crippen LogP contribution is 2.27. The summed E-state index contributed by atoms with van der Waals surface area (Å²) in [5, 5.41) is 13.0. The Labute approximate surface area is 112 Å². The maximum absolute atomic E-state index is 12.0. The van der Waals surface area contributed by atoms with Crippen LogP contribution in [-0.4, -0.2) is 25.5 Å². The van der Waals surface area contributed by atoms with E-state index in [0.29, 0.717) is 10.9 Å². The molecule has 1 rings (SSSR count). The van der Waals surface area contributed by atoms with Gasteiger partial charge in [-0.2, -0.15) is 4.72 Å². The molecule has 96 valence electrons. The molecule has 17 heavy (non-hydrogen) atoms. The molecule has 1 aromatic rings. The topological polar surface area (TPSA) is 105 Å². The summed E-state index contributed by atoms with van der Waals surface area (Å²) in [5.41, 5.74) is 5.39. The van der Waals surface area contributed by atoms with E-state index < -0.39 is 16.1 Å². The van der Waals surface area contributed by atoms with Gasteiger partial charge < -0.3 is 10.9 Å². The molecule has 4 N–H and O–H groups in total. The fourth-order valence-electron chi connectivity index (χ4n) is 1.13. The van der Waals surface area contributed by atoms with Gasteiger partial charge in [-0.25, -0.2) is 8.42 Å². The Morgan fingerprint density at radius 3 is 2.82 bits per heavy atom. The van der Waals surface area contributed by atoms with E-state index >= 15 is 0 Å². The summed E-state index contributed by atoms with van der Waals surface area (Å²) >= 11 is 4.24. The van der Waals surface area contributed by atoms with Crippen LogP contribution >= 0.6 is 27.3 Å². The SMILES string of the molecule is CCC(NS(=O)(=O)c1sccc1Br)C(N)=NO. The third kappa shape index (κ3) is 3.41. The van der Waals surface area contributed by atoms with Crippen molar-refractivity contribution in [2.45, 2.75) is 23.6 Å². The number of nitrogens with two attached hydrogens (primary N) is 1. The highest BCUT2D eigenvalue weighted by atomic mass is 79.9. The van der Waals surface area contributed by atoms with Gasteiger partial charge in [0.1, 0.15) is 4.21 Å². The van der Waals surface area contributed by atoms with Gasteiger partial charge in [0.15, 0.2) is 5.84 Å². The van der Waals surface area contributed by atoms with Gasteiger partial charge in [-0.15, -0.1) is 11.3 Å². The van der Waals surface area contributed by atoms with Gasteiger partial charge >= 0.3 is 0 Å². The van der Waals surface area contributed by atoms with Crippen LogP contribution in [0.5, 0.6) is 0 Å². The second-order valence-electron chi connectivity index (χ2n) is 3.16. The van der Waals surface area contributed by atoms with E-state index in [9.17, 15) is 8.42 Å². The molecule has 0 aliphatic carbocycles. The van der Waals surface area contributed by atoms with Crippen molar-refractivity contribution in [3.05, 3.63) is 15.9 Å². The van der Waals surface area contributed by atoms with Crippen molar-refractivity contribution in [1.29, 1.82) is 0 Å². The minimum Gasteiger partial charge on any atom is -0.409 e. The molecule has 0 bridgehead atoms. The summed E-state index contributed by atoms with van der Waals surface area (Å²) in [6, 6.07) is 0.919. The maximum atomic E-state index is 12.0. The molecule has 0 aliphatic rings. The predicted molar refractivity (Wildman–Crippen MR) is 69.8 cm³/mol. The van der Waals surface area contributed by atoms with E-state index in [2.05, 4.69) is 25.8 Å². The summed E-state index contributed by atoms with van der Waals surface area (Å²) < 4.78 is 27.0. The molecule has 1 heterocycles. The van der Waals surface area contributed by atoms with Crippen LogP contribution in [0.15, 0.2) is 25.3 Å². The van der Waals surface area contributed by atoms with Gasteiger partial charge in [0.05, 0.1) is 6.04 Å². The molecule has 0 aromatic carbocycles. The van der Waals surface area contributed by atoms with E-state index in [1.165, 1.54) is 0 Å². The van der Waals surface area contributed by atoms with Crippen molar-refractivity contribution in [3.8, 4) is 0 Å². The molecule has 9 heteroatoms. The first-order chi connectivity index (χ1) is 7.92. The largest absolute Gasteiger partial charge is 0.409 e. The average Bonchev–Trinajstić information content (AvgIpc) is 2.72. The molecule has 0 saturated heterocycles. The van der Waals surface area contributed by atoms with E-state index in [0.717, 1.165) is 11.3 Å². The summed E-state index contributed by atoms with van der Waals surface area (Å²) in [4.78, 5) is 0. The van der Waals surface area contributed by atoms with Gasteiger partial charge in [0, 0.05) is 4.47 Å². The number of oxime groups is 1. The first-order valence-corrected chi connectivity index (χ1v) is 7.80. The van der Waals surface area contributed by atoms with Crippen LogP contribution < -0.4 is 10.5 Å². The molecule has 6 nitrogen and oxygen atoms in total. The number of hydrogen-bond acceptors (Lipinski definition) is 5. The van der Waals surface area contributed by atoms with Gasteiger partial charge in [0.2, 0.25) is 0 Å². The smallest absolute Gasteiger partial charge is 0.251 e. The number of hydrogen-bond donors (Lipinski definition) is 3. The number of nitrogens with one attached hydrogen (secondary N) is 1. The lowest BCUT2D eigenvalue weighted by Gasteiger charge is -2.14. The molecular formula is C8H12BrN3O3S2. The fraction of sp³-hybridized carbons (Fsp3) is 0.375. The van der Waals surface area contributed by atoms with E-state index in [1.807, 2.05) is 0 Å². The Morgan fingerprint density at radius 1 is 1.76 bits per heavy atom. The highest BCUT2D eigenvalue weighted by molar-refractivity contribution is 9.10. The fourth-order valence-corrected chi connectivity index (χ4v) is 4.78. The summed E-state index contributed by atoms with van der Waals surface area (Å²) in [6.45, 7) is 1.73. The van der Waals surface area contributed by atoms with Crippen molar-refractivity contribution >= 4 is 43.1 Å². The Kier molecular flexibility index (Phi) is 4.92. The molecule has 1 aromatic heterocycles. The third-order valence-corrected chi connectivity index (χ3v) is 6.15. The van der Waals surface area contributed by atoms with Crippen molar-refractivity contribution in [2.24, 2.45) is 10.9 Å². The predicted octanol–water partition coefficient (Wildman–Crippen LogP) is 1.31. The lowest BCUT2D eigenvalue weighted by atomic mass is 10.2. The zero-order valence-electron chi connectivity index (χ0n) is 8.92. The van der Waals surface area contributed by atoms with E-state index in [4.69, 9.17) is 10.9 Å². The van der Waals surface area contributed by atoms with Crippen molar-refractivity contribution < 1.29 is 13.6 Å². The van der Waals surface area contributed by atoms with Crippen LogP contribution in [0.2, 0.25) is 0 Å². The molecule has 1 atom stereocenters. The first kappa shape index (κ1) is 14.4. The van der Waals surface area contributed by atoms with Crippen LogP contribution in [0.1, 0.15) is 13.3 Å². The zero-order valence-corrected chi connectivity index (χ0v) is 12.1. The van der Waals surface area contributed by atoms with Crippen LogP contribution in [0, 0.1) is 0 Å². The highest BCUT2D eigenvalue weighted by Gasteiger charge is 2.24. The monoisotopic (exact) mass is 341 g/mol. The molecule has 1 unspecified atom stereocenters. The summed E-state index contributed by atoms with van der Waals surface area (Å²) in [7, 11) is -3.66. The molecule has 0 spiro atoms. The molecule has 0 saturated carbocycles. The van der Waals surface area contributed by atoms with Crippen molar-refractivity contribution in [2.75, 3.05) is 0 Å². The number of sulfonamides is 1. The lowest BCUT2D eigenvalue weighted by Crippen LogP contribution is -2.43. The number of thiophene rings is 1. The van der Waals surface area contributed by atoms with Gasteiger partial charge in [-0.05, 0) is 33.8 Å². The second kappa shape index (κ2) is 5.80. The second-order valence-corrected chi connectivity index (χ2v) is 6.84. The molecule has 0 fully saturated rings. The number of amidine groups is 1. The van der Waals surface area contributed by atoms with Gasteiger partial charge in [0.25, 0.3) is 10.0 Å². The molecule has 0 aliphatic heterocycles. The van der Waals surface area contributed by atoms with Gasteiger partial charge in [-0.3, -0.25) is 0 Å². The van der Waals surface area contributed by atoms with Crippen LogP contribution in [0.3, 0.4) is 0 Å². The minimum absolute atomic E-state index is 0.163. The Bertz CT molecular complexity index is 512.